The number of hydrogen-bond acceptors (Lipinski definition) is 5. The molecule has 2 heterocycles. The minimum atomic E-state index is -0.896. The number of nitrogens with zero attached hydrogens (tertiary/aromatic N) is 3. The molecular formula is C28H30N4O4. The fourth-order valence-corrected chi connectivity index (χ4v) is 4.06. The maximum Gasteiger partial charge on any atom is 0.332 e. The topological polar surface area (TPSA) is 91.8 Å². The number of anilines is 2. The van der Waals surface area contributed by atoms with Gasteiger partial charge in [-0.05, 0) is 73.9 Å². The zero-order valence-corrected chi connectivity index (χ0v) is 20.5. The normalized spacial score (nSPS) is 15.3. The second kappa shape index (κ2) is 11.5. The Bertz CT molecular complexity index is 1200. The monoisotopic (exact) mass is 486 g/mol. The van der Waals surface area contributed by atoms with Gasteiger partial charge in [-0.2, -0.15) is 0 Å². The summed E-state index contributed by atoms with van der Waals surface area (Å²) < 4.78 is 5.58. The van der Waals surface area contributed by atoms with E-state index in [9.17, 15) is 14.4 Å². The third kappa shape index (κ3) is 5.89. The summed E-state index contributed by atoms with van der Waals surface area (Å²) in [5.41, 5.74) is 3.11. The van der Waals surface area contributed by atoms with Crippen LogP contribution in [0.3, 0.4) is 0 Å². The Labute approximate surface area is 210 Å². The molecule has 36 heavy (non-hydrogen) atoms. The van der Waals surface area contributed by atoms with Crippen molar-refractivity contribution in [3.8, 4) is 5.75 Å². The molecule has 0 bridgehead atoms. The lowest BCUT2D eigenvalue weighted by molar-refractivity contribution is -0.124. The number of carbonyl (C=O) groups excluding carboxylic acids is 3. The Morgan fingerprint density at radius 3 is 2.36 bits per heavy atom. The second-order valence-corrected chi connectivity index (χ2v) is 8.73. The van der Waals surface area contributed by atoms with Gasteiger partial charge >= 0.3 is 6.03 Å². The molecule has 4 rings (SSSR count). The highest BCUT2D eigenvalue weighted by Crippen LogP contribution is 2.28. The van der Waals surface area contributed by atoms with E-state index in [1.807, 2.05) is 38.1 Å². The van der Waals surface area contributed by atoms with E-state index in [-0.39, 0.29) is 12.3 Å². The first-order valence-electron chi connectivity index (χ1n) is 12.1. The lowest BCUT2D eigenvalue weighted by Gasteiger charge is -2.21. The van der Waals surface area contributed by atoms with E-state index in [0.29, 0.717) is 30.9 Å². The number of urea groups is 1. The molecule has 0 radical (unpaired) electrons. The van der Waals surface area contributed by atoms with Gasteiger partial charge in [-0.25, -0.2) is 9.69 Å². The fraction of sp³-hybridized carbons (Fsp3) is 0.286. The third-order valence-electron chi connectivity index (χ3n) is 5.99. The molecule has 1 saturated heterocycles. The molecular weight excluding hydrogens is 456 g/mol. The average Bonchev–Trinajstić information content (AvgIpc) is 3.12. The molecule has 0 saturated carbocycles. The van der Waals surface area contributed by atoms with Crippen molar-refractivity contribution in [1.82, 2.24) is 9.88 Å². The fourth-order valence-electron chi connectivity index (χ4n) is 4.06. The van der Waals surface area contributed by atoms with E-state index < -0.39 is 18.0 Å². The molecule has 1 aromatic heterocycles. The second-order valence-electron chi connectivity index (χ2n) is 8.73. The first kappa shape index (κ1) is 24.9. The number of amides is 4. The Hall–Kier alpha value is -4.20. The van der Waals surface area contributed by atoms with Crippen LogP contribution in [0.25, 0.3) is 0 Å². The summed E-state index contributed by atoms with van der Waals surface area (Å²) in [6.45, 7) is 4.90. The van der Waals surface area contributed by atoms with Gasteiger partial charge in [0.25, 0.3) is 5.91 Å². The quantitative estimate of drug-likeness (QED) is 0.423. The molecule has 4 amide bonds. The number of rotatable bonds is 10. The highest BCUT2D eigenvalue weighted by Gasteiger charge is 2.46. The van der Waals surface area contributed by atoms with Crippen LogP contribution in [0.1, 0.15) is 30.9 Å². The molecule has 2 aromatic carbocycles. The van der Waals surface area contributed by atoms with Crippen molar-refractivity contribution in [3.05, 3.63) is 84.2 Å². The highest BCUT2D eigenvalue weighted by molar-refractivity contribution is 6.22. The molecule has 1 aliphatic rings. The standard InChI is InChI=1S/C28H30N4O4/c1-3-18-36-24-10-6-22(7-11-24)30-26(33)19-25-27(34)32(23-8-4-20(2)5-9-23)28(35)31(25)17-14-21-12-15-29-16-13-21/h4-13,15-16,25H,3,14,17-19H2,1-2H3,(H,30,33). The highest BCUT2D eigenvalue weighted by atomic mass is 16.5. The lowest BCUT2D eigenvalue weighted by atomic mass is 10.1. The molecule has 1 unspecified atom stereocenters. The zero-order chi connectivity index (χ0) is 25.5. The maximum absolute atomic E-state index is 13.4. The van der Waals surface area contributed by atoms with Crippen molar-refractivity contribution in [1.29, 1.82) is 0 Å². The summed E-state index contributed by atoms with van der Waals surface area (Å²) >= 11 is 0. The van der Waals surface area contributed by atoms with Gasteiger partial charge in [-0.1, -0.05) is 24.6 Å². The smallest absolute Gasteiger partial charge is 0.332 e. The number of aromatic nitrogens is 1. The van der Waals surface area contributed by atoms with Gasteiger partial charge in [0.1, 0.15) is 11.8 Å². The van der Waals surface area contributed by atoms with Crippen LogP contribution >= 0.6 is 0 Å². The molecule has 1 N–H and O–H groups in total. The van der Waals surface area contributed by atoms with E-state index in [1.54, 1.807) is 48.8 Å². The first-order valence-corrected chi connectivity index (χ1v) is 12.1. The predicted molar refractivity (Wildman–Crippen MR) is 138 cm³/mol. The first-order chi connectivity index (χ1) is 17.5. The third-order valence-corrected chi connectivity index (χ3v) is 5.99. The van der Waals surface area contributed by atoms with E-state index >= 15 is 0 Å². The SMILES string of the molecule is CCCOc1ccc(NC(=O)CC2C(=O)N(c3ccc(C)cc3)C(=O)N2CCc2ccncc2)cc1. The number of pyridine rings is 1. The Morgan fingerprint density at radius 2 is 1.69 bits per heavy atom. The van der Waals surface area contributed by atoms with Crippen molar-refractivity contribution in [3.63, 3.8) is 0 Å². The molecule has 0 aliphatic carbocycles. The van der Waals surface area contributed by atoms with Crippen LogP contribution in [0.2, 0.25) is 0 Å². The van der Waals surface area contributed by atoms with Gasteiger partial charge < -0.3 is 15.0 Å². The number of benzene rings is 2. The van der Waals surface area contributed by atoms with E-state index in [0.717, 1.165) is 23.3 Å². The van der Waals surface area contributed by atoms with E-state index in [2.05, 4.69) is 10.3 Å². The molecule has 1 atom stereocenters. The maximum atomic E-state index is 13.4. The van der Waals surface area contributed by atoms with Crippen molar-refractivity contribution >= 4 is 29.2 Å². The average molecular weight is 487 g/mol. The number of hydrogen-bond donors (Lipinski definition) is 1. The lowest BCUT2D eigenvalue weighted by Crippen LogP contribution is -2.39. The Morgan fingerprint density at radius 1 is 1.00 bits per heavy atom. The molecule has 1 aliphatic heterocycles. The molecule has 186 valence electrons. The van der Waals surface area contributed by atoms with Crippen LogP contribution in [0, 0.1) is 6.92 Å². The number of carbonyl (C=O) groups is 3. The summed E-state index contributed by atoms with van der Waals surface area (Å²) in [6, 6.07) is 16.7. The van der Waals surface area contributed by atoms with Crippen molar-refractivity contribution < 1.29 is 19.1 Å². The van der Waals surface area contributed by atoms with Crippen LogP contribution in [0.15, 0.2) is 73.1 Å². The minimum absolute atomic E-state index is 0.142. The minimum Gasteiger partial charge on any atom is -0.494 e. The van der Waals surface area contributed by atoms with Gasteiger partial charge in [-0.3, -0.25) is 14.6 Å². The number of nitrogens with one attached hydrogen (secondary N) is 1. The Balaban J connectivity index is 1.49. The van der Waals surface area contributed by atoms with Crippen LogP contribution in [-0.2, 0) is 16.0 Å². The van der Waals surface area contributed by atoms with Crippen molar-refractivity contribution in [2.45, 2.75) is 39.2 Å². The summed E-state index contributed by atoms with van der Waals surface area (Å²) in [6.07, 6.45) is 4.69. The summed E-state index contributed by atoms with van der Waals surface area (Å²) in [5, 5.41) is 2.83. The van der Waals surface area contributed by atoms with Gasteiger partial charge in [0.05, 0.1) is 18.7 Å². The largest absolute Gasteiger partial charge is 0.494 e. The van der Waals surface area contributed by atoms with E-state index in [4.69, 9.17) is 4.74 Å². The van der Waals surface area contributed by atoms with Crippen LogP contribution in [0.5, 0.6) is 5.75 Å². The predicted octanol–water partition coefficient (Wildman–Crippen LogP) is 4.59. The number of imide groups is 1. The van der Waals surface area contributed by atoms with Crippen LogP contribution in [0.4, 0.5) is 16.2 Å². The summed E-state index contributed by atoms with van der Waals surface area (Å²) in [7, 11) is 0. The summed E-state index contributed by atoms with van der Waals surface area (Å²) in [5.74, 6) is -0.0254. The molecule has 0 spiro atoms. The molecule has 8 heteroatoms. The number of ether oxygens (including phenoxy) is 1. The van der Waals surface area contributed by atoms with E-state index in [1.165, 1.54) is 9.80 Å². The zero-order valence-electron chi connectivity index (χ0n) is 20.5. The van der Waals surface area contributed by atoms with Crippen molar-refractivity contribution in [2.24, 2.45) is 0 Å². The molecule has 3 aromatic rings. The van der Waals surface area contributed by atoms with Crippen molar-refractivity contribution in [2.75, 3.05) is 23.4 Å². The molecule has 8 nitrogen and oxygen atoms in total. The van der Waals surface area contributed by atoms with Gasteiger partial charge in [0.15, 0.2) is 0 Å². The van der Waals surface area contributed by atoms with Gasteiger partial charge in [-0.15, -0.1) is 0 Å². The Kier molecular flexibility index (Phi) is 7.95. The van der Waals surface area contributed by atoms with Crippen LogP contribution in [-0.4, -0.2) is 46.9 Å². The van der Waals surface area contributed by atoms with Gasteiger partial charge in [0, 0.05) is 24.6 Å². The molecule has 1 fully saturated rings. The summed E-state index contributed by atoms with van der Waals surface area (Å²) in [4.78, 5) is 46.4. The van der Waals surface area contributed by atoms with Gasteiger partial charge in [0.2, 0.25) is 5.91 Å². The number of aryl methyl sites for hydroxylation is 1. The van der Waals surface area contributed by atoms with Crippen LogP contribution < -0.4 is 15.0 Å².